The number of aromatic nitrogens is 1. The smallest absolute Gasteiger partial charge is 0.205 e. The second-order valence-electron chi connectivity index (χ2n) is 7.62. The van der Waals surface area contributed by atoms with E-state index in [9.17, 15) is 4.79 Å². The number of ketones is 1. The van der Waals surface area contributed by atoms with E-state index in [-0.39, 0.29) is 5.78 Å². The highest BCUT2D eigenvalue weighted by atomic mass is 35.5. The van der Waals surface area contributed by atoms with Crippen LogP contribution in [0.5, 0.6) is 0 Å². The second-order valence-corrected chi connectivity index (χ2v) is 9.03. The Hall–Kier alpha value is -3.47. The molecule has 0 spiro atoms. The SMILES string of the molecule is Cc1ccc(C(=O)c2sc3nc(-c4ccccc4)cc(-c4ccccc4Cl)c3c2N)cc1. The molecule has 3 nitrogen and oxygen atoms in total. The van der Waals surface area contributed by atoms with Gasteiger partial charge >= 0.3 is 0 Å². The zero-order valence-corrected chi connectivity index (χ0v) is 18.9. The fourth-order valence-corrected chi connectivity index (χ4v) is 5.09. The minimum atomic E-state index is -0.100. The zero-order valence-electron chi connectivity index (χ0n) is 17.3. The summed E-state index contributed by atoms with van der Waals surface area (Å²) in [7, 11) is 0. The Balaban J connectivity index is 1.77. The molecule has 0 amide bonds. The fraction of sp³-hybridized carbons (Fsp3) is 0.0370. The van der Waals surface area contributed by atoms with Gasteiger partial charge in [-0.3, -0.25) is 4.79 Å². The number of aryl methyl sites for hydroxylation is 1. The number of rotatable bonds is 4. The van der Waals surface area contributed by atoms with E-state index in [1.807, 2.05) is 91.9 Å². The van der Waals surface area contributed by atoms with Crippen molar-refractivity contribution in [2.75, 3.05) is 5.73 Å². The maximum absolute atomic E-state index is 13.3. The molecule has 2 heterocycles. The standard InChI is InChI=1S/C27H19ClN2OS/c1-16-11-13-18(14-12-16)25(31)26-24(29)23-20(19-9-5-6-10-21(19)28)15-22(30-27(23)32-26)17-7-3-2-4-8-17/h2-15H,29H2,1H3. The van der Waals surface area contributed by atoms with Crippen molar-refractivity contribution in [1.29, 1.82) is 0 Å². The maximum atomic E-state index is 13.3. The molecule has 2 N–H and O–H groups in total. The summed E-state index contributed by atoms with van der Waals surface area (Å²) < 4.78 is 0. The van der Waals surface area contributed by atoms with E-state index in [2.05, 4.69) is 0 Å². The number of hydrogen-bond acceptors (Lipinski definition) is 4. The van der Waals surface area contributed by atoms with Gasteiger partial charge in [0, 0.05) is 27.1 Å². The largest absolute Gasteiger partial charge is 0.397 e. The summed E-state index contributed by atoms with van der Waals surface area (Å²) in [4.78, 5) is 19.4. The van der Waals surface area contributed by atoms with Crippen LogP contribution in [-0.2, 0) is 0 Å². The third-order valence-electron chi connectivity index (χ3n) is 5.45. The van der Waals surface area contributed by atoms with E-state index in [1.165, 1.54) is 11.3 Å². The third-order valence-corrected chi connectivity index (χ3v) is 6.88. The number of pyridine rings is 1. The van der Waals surface area contributed by atoms with E-state index in [0.717, 1.165) is 33.3 Å². The average molecular weight is 455 g/mol. The molecule has 0 aliphatic heterocycles. The van der Waals surface area contributed by atoms with E-state index in [0.29, 0.717) is 26.0 Å². The summed E-state index contributed by atoms with van der Waals surface area (Å²) in [6, 6.07) is 27.1. The number of halogens is 1. The van der Waals surface area contributed by atoms with Crippen LogP contribution in [0.4, 0.5) is 5.69 Å². The molecule has 3 aromatic carbocycles. The lowest BCUT2D eigenvalue weighted by atomic mass is 9.98. The first-order valence-electron chi connectivity index (χ1n) is 10.2. The summed E-state index contributed by atoms with van der Waals surface area (Å²) in [5, 5.41) is 1.38. The van der Waals surface area contributed by atoms with Crippen molar-refractivity contribution in [2.24, 2.45) is 0 Å². The number of nitrogens with zero attached hydrogens (tertiary/aromatic N) is 1. The van der Waals surface area contributed by atoms with Gasteiger partial charge in [0.1, 0.15) is 9.71 Å². The molecular formula is C27H19ClN2OS. The molecule has 0 atom stereocenters. The van der Waals surface area contributed by atoms with Crippen LogP contribution in [0.3, 0.4) is 0 Å². The molecule has 0 unspecified atom stereocenters. The van der Waals surface area contributed by atoms with Crippen LogP contribution >= 0.6 is 22.9 Å². The van der Waals surface area contributed by atoms with Gasteiger partial charge in [0.15, 0.2) is 0 Å². The van der Waals surface area contributed by atoms with Crippen LogP contribution in [0.2, 0.25) is 5.02 Å². The van der Waals surface area contributed by atoms with Crippen LogP contribution in [0.15, 0.2) is 84.9 Å². The molecule has 5 heteroatoms. The van der Waals surface area contributed by atoms with Gasteiger partial charge in [-0.25, -0.2) is 4.98 Å². The van der Waals surface area contributed by atoms with Gasteiger partial charge in [0.05, 0.1) is 11.4 Å². The lowest BCUT2D eigenvalue weighted by molar-refractivity contribution is 0.104. The van der Waals surface area contributed by atoms with Gasteiger partial charge in [-0.2, -0.15) is 0 Å². The first-order valence-corrected chi connectivity index (χ1v) is 11.4. The van der Waals surface area contributed by atoms with Crippen molar-refractivity contribution < 1.29 is 4.79 Å². The lowest BCUT2D eigenvalue weighted by Gasteiger charge is -2.10. The molecule has 0 saturated heterocycles. The van der Waals surface area contributed by atoms with Crippen LogP contribution in [-0.4, -0.2) is 10.8 Å². The number of benzene rings is 3. The van der Waals surface area contributed by atoms with E-state index in [4.69, 9.17) is 22.3 Å². The number of carbonyl (C=O) groups excluding carboxylic acids is 1. The van der Waals surface area contributed by atoms with Crippen molar-refractivity contribution >= 4 is 44.6 Å². The number of carbonyl (C=O) groups is 1. The van der Waals surface area contributed by atoms with Crippen molar-refractivity contribution in [2.45, 2.75) is 6.92 Å². The summed E-state index contributed by atoms with van der Waals surface area (Å²) in [6.07, 6.45) is 0. The fourth-order valence-electron chi connectivity index (χ4n) is 3.77. The van der Waals surface area contributed by atoms with Crippen molar-refractivity contribution in [3.8, 4) is 22.4 Å². The summed E-state index contributed by atoms with van der Waals surface area (Å²) in [6.45, 7) is 1.99. The van der Waals surface area contributed by atoms with E-state index >= 15 is 0 Å². The highest BCUT2D eigenvalue weighted by Gasteiger charge is 2.23. The minimum absolute atomic E-state index is 0.100. The predicted molar refractivity (Wildman–Crippen MR) is 135 cm³/mol. The Morgan fingerprint density at radius 1 is 0.906 bits per heavy atom. The van der Waals surface area contributed by atoms with Crippen LogP contribution < -0.4 is 5.73 Å². The van der Waals surface area contributed by atoms with Gasteiger partial charge in [0.25, 0.3) is 0 Å². The van der Waals surface area contributed by atoms with Crippen molar-refractivity contribution in [3.63, 3.8) is 0 Å². The van der Waals surface area contributed by atoms with Gasteiger partial charge in [-0.1, -0.05) is 90.0 Å². The summed E-state index contributed by atoms with van der Waals surface area (Å²) >= 11 is 7.89. The third kappa shape index (κ3) is 3.58. The van der Waals surface area contributed by atoms with Gasteiger partial charge in [0.2, 0.25) is 5.78 Å². The van der Waals surface area contributed by atoms with Gasteiger partial charge < -0.3 is 5.73 Å². The maximum Gasteiger partial charge on any atom is 0.205 e. The zero-order chi connectivity index (χ0) is 22.2. The first kappa shape index (κ1) is 20.4. The van der Waals surface area contributed by atoms with Crippen molar-refractivity contribution in [1.82, 2.24) is 4.98 Å². The van der Waals surface area contributed by atoms with Crippen LogP contribution in [0.1, 0.15) is 20.8 Å². The monoisotopic (exact) mass is 454 g/mol. The Bertz CT molecular complexity index is 1460. The Kier molecular flexibility index (Phi) is 5.25. The van der Waals surface area contributed by atoms with Gasteiger partial charge in [-0.15, -0.1) is 11.3 Å². The molecule has 32 heavy (non-hydrogen) atoms. The number of hydrogen-bond donors (Lipinski definition) is 1. The van der Waals surface area contributed by atoms with Crippen molar-refractivity contribution in [3.05, 3.63) is 106 Å². The molecule has 0 bridgehead atoms. The van der Waals surface area contributed by atoms with E-state index < -0.39 is 0 Å². The minimum Gasteiger partial charge on any atom is -0.397 e. The molecule has 0 saturated carbocycles. The summed E-state index contributed by atoms with van der Waals surface area (Å²) in [5.74, 6) is -0.100. The molecule has 0 radical (unpaired) electrons. The molecular weight excluding hydrogens is 436 g/mol. The van der Waals surface area contributed by atoms with Gasteiger partial charge in [-0.05, 0) is 24.6 Å². The van der Waals surface area contributed by atoms with E-state index in [1.54, 1.807) is 0 Å². The summed E-state index contributed by atoms with van der Waals surface area (Å²) in [5.41, 5.74) is 12.3. The number of anilines is 1. The Morgan fingerprint density at radius 3 is 2.31 bits per heavy atom. The van der Waals surface area contributed by atoms with Crippen LogP contribution in [0, 0.1) is 6.92 Å². The van der Waals surface area contributed by atoms with Crippen LogP contribution in [0.25, 0.3) is 32.6 Å². The molecule has 2 aromatic heterocycles. The number of nitrogens with two attached hydrogens (primary N) is 1. The molecule has 5 rings (SSSR count). The number of nitrogen functional groups attached to an aromatic ring is 1. The molecule has 0 aliphatic rings. The Morgan fingerprint density at radius 2 is 1.59 bits per heavy atom. The quantitative estimate of drug-likeness (QED) is 0.288. The molecule has 0 fully saturated rings. The first-order chi connectivity index (χ1) is 15.5. The molecule has 5 aromatic rings. The normalized spacial score (nSPS) is 11.1. The average Bonchev–Trinajstić information content (AvgIpc) is 3.16. The molecule has 156 valence electrons. The predicted octanol–water partition coefficient (Wildman–Crippen LogP) is 7.41. The lowest BCUT2D eigenvalue weighted by Crippen LogP contribution is -2.02. The highest BCUT2D eigenvalue weighted by molar-refractivity contribution is 7.21. The second kappa shape index (κ2) is 8.23. The highest BCUT2D eigenvalue weighted by Crippen LogP contribution is 2.43. The number of thiophene rings is 1. The molecule has 0 aliphatic carbocycles. The Labute approximate surface area is 195 Å². The topological polar surface area (TPSA) is 56.0 Å². The number of fused-ring (bicyclic) bond motifs is 1.